The molecule has 0 aliphatic carbocycles. The highest BCUT2D eigenvalue weighted by molar-refractivity contribution is 5.90. The summed E-state index contributed by atoms with van der Waals surface area (Å²) in [6, 6.07) is 9.92. The summed E-state index contributed by atoms with van der Waals surface area (Å²) in [7, 11) is 3.58. The molecule has 0 saturated carbocycles. The van der Waals surface area contributed by atoms with Crippen molar-refractivity contribution in [1.29, 1.82) is 0 Å². The van der Waals surface area contributed by atoms with E-state index in [-0.39, 0.29) is 11.6 Å². The van der Waals surface area contributed by atoms with Crippen molar-refractivity contribution in [2.45, 2.75) is 32.8 Å². The lowest BCUT2D eigenvalue weighted by atomic mass is 9.98. The van der Waals surface area contributed by atoms with E-state index >= 15 is 0 Å². The summed E-state index contributed by atoms with van der Waals surface area (Å²) in [5, 5.41) is 10.2. The molecule has 0 radical (unpaired) electrons. The van der Waals surface area contributed by atoms with Gasteiger partial charge in [0.05, 0.1) is 30.7 Å². The number of hydrogen-bond acceptors (Lipinski definition) is 6. The molecule has 1 aliphatic heterocycles. The van der Waals surface area contributed by atoms with Crippen molar-refractivity contribution in [2.75, 3.05) is 50.2 Å². The van der Waals surface area contributed by atoms with Gasteiger partial charge in [-0.1, -0.05) is 6.07 Å². The van der Waals surface area contributed by atoms with Crippen LogP contribution < -0.4 is 15.5 Å². The van der Waals surface area contributed by atoms with Gasteiger partial charge >= 0.3 is 6.03 Å². The number of methoxy groups -OCH3 is 1. The zero-order valence-electron chi connectivity index (χ0n) is 21.8. The fourth-order valence-electron chi connectivity index (χ4n) is 4.09. The Labute approximate surface area is 212 Å². The van der Waals surface area contributed by atoms with Gasteiger partial charge in [-0.15, -0.1) is 0 Å². The topological polar surface area (TPSA) is 93.5 Å². The average Bonchev–Trinajstić information content (AvgIpc) is 3.31. The van der Waals surface area contributed by atoms with Crippen molar-refractivity contribution in [3.63, 3.8) is 0 Å². The Bertz CT molecular complexity index is 1200. The van der Waals surface area contributed by atoms with E-state index in [1.54, 1.807) is 11.8 Å². The summed E-state index contributed by atoms with van der Waals surface area (Å²) >= 11 is 0. The van der Waals surface area contributed by atoms with Crippen LogP contribution >= 0.6 is 0 Å². The fourth-order valence-corrected chi connectivity index (χ4v) is 4.09. The van der Waals surface area contributed by atoms with Gasteiger partial charge in [-0.3, -0.25) is 4.68 Å². The number of pyridine rings is 1. The number of morpholine rings is 1. The number of carbonyl (C=O) groups is 1. The maximum atomic E-state index is 12.5. The van der Waals surface area contributed by atoms with Crippen LogP contribution in [0.25, 0.3) is 22.4 Å². The highest BCUT2D eigenvalue weighted by atomic mass is 16.5. The van der Waals surface area contributed by atoms with Crippen LogP contribution in [0.15, 0.2) is 42.7 Å². The van der Waals surface area contributed by atoms with Crippen molar-refractivity contribution in [1.82, 2.24) is 20.1 Å². The van der Waals surface area contributed by atoms with Gasteiger partial charge in [-0.25, -0.2) is 9.78 Å². The molecule has 3 aromatic rings. The largest absolute Gasteiger partial charge is 0.379 e. The first-order valence-electron chi connectivity index (χ1n) is 12.3. The Hall–Kier alpha value is -3.43. The number of aryl methyl sites for hydroxylation is 2. The molecule has 2 amide bonds. The summed E-state index contributed by atoms with van der Waals surface area (Å²) in [6.07, 6.45) is 4.51. The van der Waals surface area contributed by atoms with Crippen LogP contribution in [-0.2, 0) is 16.5 Å². The van der Waals surface area contributed by atoms with Crippen LogP contribution in [0.4, 0.5) is 16.3 Å². The van der Waals surface area contributed by atoms with E-state index < -0.39 is 0 Å². The minimum atomic E-state index is -0.282. The molecule has 0 spiro atoms. The number of ether oxygens (including phenoxy) is 2. The van der Waals surface area contributed by atoms with Gasteiger partial charge < -0.3 is 25.0 Å². The number of hydrogen-bond donors (Lipinski definition) is 2. The zero-order chi connectivity index (χ0) is 25.7. The minimum absolute atomic E-state index is 0.239. The van der Waals surface area contributed by atoms with Crippen molar-refractivity contribution >= 4 is 17.5 Å². The molecule has 2 N–H and O–H groups in total. The monoisotopic (exact) mass is 492 g/mol. The molecular formula is C27H36N6O3. The van der Waals surface area contributed by atoms with Gasteiger partial charge in [0, 0.05) is 51.2 Å². The molecule has 1 saturated heterocycles. The smallest absolute Gasteiger partial charge is 0.319 e. The third-order valence-electron chi connectivity index (χ3n) is 6.52. The molecule has 2 aromatic heterocycles. The van der Waals surface area contributed by atoms with Gasteiger partial charge in [0.15, 0.2) is 0 Å². The van der Waals surface area contributed by atoms with Gasteiger partial charge in [0.25, 0.3) is 0 Å². The van der Waals surface area contributed by atoms with E-state index in [0.717, 1.165) is 52.5 Å². The number of aromatic nitrogens is 3. The second-order valence-corrected chi connectivity index (χ2v) is 9.73. The van der Waals surface area contributed by atoms with E-state index in [9.17, 15) is 4.79 Å². The molecule has 0 atom stereocenters. The van der Waals surface area contributed by atoms with Crippen LogP contribution in [0, 0.1) is 6.92 Å². The van der Waals surface area contributed by atoms with E-state index in [1.165, 1.54) is 0 Å². The van der Waals surface area contributed by atoms with Crippen LogP contribution in [-0.4, -0.2) is 66.4 Å². The molecule has 1 fully saturated rings. The Morgan fingerprint density at radius 2 is 1.94 bits per heavy atom. The molecule has 0 bridgehead atoms. The molecule has 4 rings (SSSR count). The third-order valence-corrected chi connectivity index (χ3v) is 6.52. The third kappa shape index (κ3) is 6.41. The number of rotatable bonds is 8. The standard InChI is InChI=1S/C27H36N6O3/c1-19-6-7-22(30-26(34)28-9-8-27(2,3)35-5)16-23(19)20-14-24(21-17-29-32(4)18-21)31-25(15-20)33-10-12-36-13-11-33/h6-7,14-18H,8-13H2,1-5H3,(H2,28,30,34). The Balaban J connectivity index is 1.60. The Morgan fingerprint density at radius 3 is 2.64 bits per heavy atom. The lowest BCUT2D eigenvalue weighted by Gasteiger charge is -2.28. The summed E-state index contributed by atoms with van der Waals surface area (Å²) in [6.45, 7) is 9.55. The van der Waals surface area contributed by atoms with Crippen molar-refractivity contribution in [2.24, 2.45) is 7.05 Å². The SMILES string of the molecule is COC(C)(C)CCNC(=O)Nc1ccc(C)c(-c2cc(-c3cnn(C)c3)nc(N3CCOCC3)c2)c1. The van der Waals surface area contributed by atoms with E-state index in [1.807, 2.05) is 51.5 Å². The molecule has 192 valence electrons. The molecule has 1 aliphatic rings. The first-order chi connectivity index (χ1) is 17.2. The first-order valence-corrected chi connectivity index (χ1v) is 12.3. The quantitative estimate of drug-likeness (QED) is 0.489. The second-order valence-electron chi connectivity index (χ2n) is 9.73. The first kappa shape index (κ1) is 25.7. The van der Waals surface area contributed by atoms with Crippen LogP contribution in [0.2, 0.25) is 0 Å². The highest BCUT2D eigenvalue weighted by Crippen LogP contribution is 2.33. The number of benzene rings is 1. The Morgan fingerprint density at radius 1 is 1.17 bits per heavy atom. The van der Waals surface area contributed by atoms with Gasteiger partial charge in [-0.05, 0) is 68.1 Å². The lowest BCUT2D eigenvalue weighted by Crippen LogP contribution is -2.36. The predicted octanol–water partition coefficient (Wildman–Crippen LogP) is 4.23. The van der Waals surface area contributed by atoms with Crippen molar-refractivity contribution < 1.29 is 14.3 Å². The van der Waals surface area contributed by atoms with E-state index in [2.05, 4.69) is 39.7 Å². The van der Waals surface area contributed by atoms with Gasteiger partial charge in [-0.2, -0.15) is 5.10 Å². The Kier molecular flexibility index (Phi) is 7.91. The molecule has 3 heterocycles. The molecule has 9 nitrogen and oxygen atoms in total. The maximum Gasteiger partial charge on any atom is 0.319 e. The molecule has 36 heavy (non-hydrogen) atoms. The fraction of sp³-hybridized carbons (Fsp3) is 0.444. The summed E-state index contributed by atoms with van der Waals surface area (Å²) in [5.74, 6) is 0.908. The molecule has 9 heteroatoms. The van der Waals surface area contributed by atoms with Crippen molar-refractivity contribution in [3.05, 3.63) is 48.3 Å². The number of amides is 2. The molecule has 0 unspecified atom stereocenters. The number of urea groups is 1. The number of carbonyl (C=O) groups excluding carboxylic acids is 1. The highest BCUT2D eigenvalue weighted by Gasteiger charge is 2.18. The average molecular weight is 493 g/mol. The predicted molar refractivity (Wildman–Crippen MR) is 142 cm³/mol. The summed E-state index contributed by atoms with van der Waals surface area (Å²) in [5.41, 5.74) is 5.45. The normalized spacial score (nSPS) is 14.1. The van der Waals surface area contributed by atoms with E-state index in [4.69, 9.17) is 14.5 Å². The number of nitrogens with one attached hydrogen (secondary N) is 2. The maximum absolute atomic E-state index is 12.5. The minimum Gasteiger partial charge on any atom is -0.379 e. The zero-order valence-corrected chi connectivity index (χ0v) is 21.8. The number of anilines is 2. The van der Waals surface area contributed by atoms with Crippen LogP contribution in [0.3, 0.4) is 0 Å². The molecular weight excluding hydrogens is 456 g/mol. The van der Waals surface area contributed by atoms with Gasteiger partial charge in [0.2, 0.25) is 0 Å². The van der Waals surface area contributed by atoms with Crippen molar-refractivity contribution in [3.8, 4) is 22.4 Å². The van der Waals surface area contributed by atoms with E-state index in [0.29, 0.717) is 26.2 Å². The lowest BCUT2D eigenvalue weighted by molar-refractivity contribution is 0.0165. The number of nitrogens with zero attached hydrogens (tertiary/aromatic N) is 4. The van der Waals surface area contributed by atoms with Crippen LogP contribution in [0.5, 0.6) is 0 Å². The summed E-state index contributed by atoms with van der Waals surface area (Å²) in [4.78, 5) is 19.7. The van der Waals surface area contributed by atoms with Crippen LogP contribution in [0.1, 0.15) is 25.8 Å². The molecule has 1 aromatic carbocycles. The summed E-state index contributed by atoms with van der Waals surface area (Å²) < 4.78 is 12.7. The second kappa shape index (κ2) is 11.1. The van der Waals surface area contributed by atoms with Gasteiger partial charge in [0.1, 0.15) is 5.82 Å².